The van der Waals surface area contributed by atoms with Crippen LogP contribution in [0.3, 0.4) is 0 Å². The zero-order chi connectivity index (χ0) is 16.7. The minimum atomic E-state index is -0.578. The Labute approximate surface area is 135 Å². The van der Waals surface area contributed by atoms with Gasteiger partial charge in [0.1, 0.15) is 11.6 Å². The minimum absolute atomic E-state index is 0.0348. The highest BCUT2D eigenvalue weighted by Gasteiger charge is 2.09. The molecule has 0 spiro atoms. The average molecular weight is 314 g/mol. The summed E-state index contributed by atoms with van der Waals surface area (Å²) in [6, 6.07) is 13.2. The Kier molecular flexibility index (Phi) is 5.86. The number of ether oxygens (including phenoxy) is 1. The van der Waals surface area contributed by atoms with Crippen molar-refractivity contribution in [2.75, 3.05) is 6.61 Å². The van der Waals surface area contributed by atoms with Crippen molar-refractivity contribution in [1.29, 1.82) is 0 Å². The van der Waals surface area contributed by atoms with Crippen molar-refractivity contribution in [1.82, 2.24) is 5.43 Å². The normalized spacial score (nSPS) is 11.2. The Morgan fingerprint density at radius 2 is 1.87 bits per heavy atom. The molecule has 4 nitrogen and oxygen atoms in total. The summed E-state index contributed by atoms with van der Waals surface area (Å²) in [6.07, 6.45) is 0.949. The molecule has 5 heteroatoms. The highest BCUT2D eigenvalue weighted by Crippen LogP contribution is 2.13. The maximum atomic E-state index is 13.5. The Balaban J connectivity index is 2.02. The van der Waals surface area contributed by atoms with Crippen LogP contribution in [0.5, 0.6) is 5.75 Å². The van der Waals surface area contributed by atoms with Crippen LogP contribution < -0.4 is 10.2 Å². The molecule has 1 N–H and O–H groups in total. The van der Waals surface area contributed by atoms with Crippen LogP contribution in [0.25, 0.3) is 0 Å². The van der Waals surface area contributed by atoms with Gasteiger partial charge >= 0.3 is 0 Å². The Bertz CT molecular complexity index is 696. The van der Waals surface area contributed by atoms with Gasteiger partial charge in [0.2, 0.25) is 0 Å². The van der Waals surface area contributed by atoms with Crippen molar-refractivity contribution in [3.8, 4) is 5.75 Å². The zero-order valence-electron chi connectivity index (χ0n) is 13.2. The van der Waals surface area contributed by atoms with E-state index in [4.69, 9.17) is 4.74 Å². The van der Waals surface area contributed by atoms with Gasteiger partial charge in [-0.15, -0.1) is 0 Å². The highest BCUT2D eigenvalue weighted by molar-refractivity contribution is 6.00. The van der Waals surface area contributed by atoms with Gasteiger partial charge in [0.25, 0.3) is 5.91 Å². The maximum absolute atomic E-state index is 13.5. The van der Waals surface area contributed by atoms with Crippen LogP contribution in [0.15, 0.2) is 53.6 Å². The van der Waals surface area contributed by atoms with E-state index < -0.39 is 11.7 Å². The van der Waals surface area contributed by atoms with E-state index in [1.165, 1.54) is 18.2 Å². The number of benzene rings is 2. The second-order valence-corrected chi connectivity index (χ2v) is 4.99. The first kappa shape index (κ1) is 16.7. The largest absolute Gasteiger partial charge is 0.494 e. The highest BCUT2D eigenvalue weighted by atomic mass is 19.1. The number of nitrogens with zero attached hydrogens (tertiary/aromatic N) is 1. The smallest absolute Gasteiger partial charge is 0.274 e. The fourth-order valence-corrected chi connectivity index (χ4v) is 1.92. The SMILES string of the molecule is CCCOc1ccc(/C(C)=N\NC(=O)c2ccccc2F)cc1. The number of nitrogens with one attached hydrogen (secondary N) is 1. The Morgan fingerprint density at radius 3 is 2.52 bits per heavy atom. The third kappa shape index (κ3) is 4.64. The van der Waals surface area contributed by atoms with E-state index in [0.717, 1.165) is 17.7 Å². The molecule has 0 radical (unpaired) electrons. The number of rotatable bonds is 6. The van der Waals surface area contributed by atoms with Gasteiger partial charge in [-0.05, 0) is 55.3 Å². The van der Waals surface area contributed by atoms with Crippen LogP contribution in [0, 0.1) is 5.82 Å². The lowest BCUT2D eigenvalue weighted by Crippen LogP contribution is -2.20. The Morgan fingerprint density at radius 1 is 1.17 bits per heavy atom. The quantitative estimate of drug-likeness (QED) is 0.652. The molecule has 0 atom stereocenters. The molecule has 2 aromatic carbocycles. The molecule has 0 saturated carbocycles. The predicted molar refractivity (Wildman–Crippen MR) is 88.3 cm³/mol. The first-order chi connectivity index (χ1) is 11.1. The molecule has 0 unspecified atom stereocenters. The molecular weight excluding hydrogens is 295 g/mol. The lowest BCUT2D eigenvalue weighted by atomic mass is 10.1. The number of halogens is 1. The summed E-state index contributed by atoms with van der Waals surface area (Å²) in [4.78, 5) is 11.9. The minimum Gasteiger partial charge on any atom is -0.494 e. The predicted octanol–water partition coefficient (Wildman–Crippen LogP) is 3.77. The van der Waals surface area contributed by atoms with E-state index in [1.54, 1.807) is 13.0 Å². The third-order valence-electron chi connectivity index (χ3n) is 3.19. The fraction of sp³-hybridized carbons (Fsp3) is 0.222. The number of hydrazone groups is 1. The van der Waals surface area contributed by atoms with Crippen molar-refractivity contribution in [2.45, 2.75) is 20.3 Å². The summed E-state index contributed by atoms with van der Waals surface area (Å²) in [7, 11) is 0. The van der Waals surface area contributed by atoms with Gasteiger partial charge in [0.15, 0.2) is 0 Å². The van der Waals surface area contributed by atoms with Gasteiger partial charge in [-0.2, -0.15) is 5.10 Å². The van der Waals surface area contributed by atoms with E-state index in [0.29, 0.717) is 12.3 Å². The average Bonchev–Trinajstić information content (AvgIpc) is 2.58. The van der Waals surface area contributed by atoms with E-state index in [1.807, 2.05) is 31.2 Å². The molecular formula is C18H19FN2O2. The van der Waals surface area contributed by atoms with Gasteiger partial charge < -0.3 is 4.74 Å². The second kappa shape index (κ2) is 8.08. The van der Waals surface area contributed by atoms with E-state index in [2.05, 4.69) is 10.5 Å². The maximum Gasteiger partial charge on any atom is 0.274 e. The molecule has 0 heterocycles. The number of amides is 1. The summed E-state index contributed by atoms with van der Waals surface area (Å²) in [5.41, 5.74) is 3.80. The first-order valence-corrected chi connectivity index (χ1v) is 7.44. The number of hydrogen-bond acceptors (Lipinski definition) is 3. The molecule has 1 amide bonds. The van der Waals surface area contributed by atoms with Gasteiger partial charge in [-0.1, -0.05) is 19.1 Å². The van der Waals surface area contributed by atoms with E-state index >= 15 is 0 Å². The molecule has 120 valence electrons. The van der Waals surface area contributed by atoms with E-state index in [-0.39, 0.29) is 5.56 Å². The molecule has 23 heavy (non-hydrogen) atoms. The third-order valence-corrected chi connectivity index (χ3v) is 3.19. The summed E-state index contributed by atoms with van der Waals surface area (Å²) in [6.45, 7) is 4.48. The van der Waals surface area contributed by atoms with Gasteiger partial charge in [-0.25, -0.2) is 9.82 Å². The summed E-state index contributed by atoms with van der Waals surface area (Å²) >= 11 is 0. The Hall–Kier alpha value is -2.69. The first-order valence-electron chi connectivity index (χ1n) is 7.44. The van der Waals surface area contributed by atoms with Gasteiger partial charge in [0.05, 0.1) is 17.9 Å². The van der Waals surface area contributed by atoms with Crippen LogP contribution in [0.1, 0.15) is 36.2 Å². The molecule has 0 aliphatic heterocycles. The van der Waals surface area contributed by atoms with Gasteiger partial charge in [0, 0.05) is 0 Å². The summed E-state index contributed by atoms with van der Waals surface area (Å²) in [5, 5.41) is 4.01. The number of carbonyl (C=O) groups is 1. The van der Waals surface area contributed by atoms with Crippen LogP contribution in [0.2, 0.25) is 0 Å². The molecule has 0 aliphatic rings. The molecule has 0 saturated heterocycles. The molecule has 2 rings (SSSR count). The zero-order valence-corrected chi connectivity index (χ0v) is 13.2. The fourth-order valence-electron chi connectivity index (χ4n) is 1.92. The van der Waals surface area contributed by atoms with Crippen molar-refractivity contribution in [3.63, 3.8) is 0 Å². The summed E-state index contributed by atoms with van der Waals surface area (Å²) < 4.78 is 19.0. The van der Waals surface area contributed by atoms with Crippen LogP contribution in [-0.4, -0.2) is 18.2 Å². The molecule has 0 aromatic heterocycles. The standard InChI is InChI=1S/C18H19FN2O2/c1-3-12-23-15-10-8-14(9-11-15)13(2)20-21-18(22)16-6-4-5-7-17(16)19/h4-11H,3,12H2,1-2H3,(H,21,22)/b20-13-. The molecule has 0 bridgehead atoms. The second-order valence-electron chi connectivity index (χ2n) is 4.99. The number of carbonyl (C=O) groups excluding carboxylic acids is 1. The summed E-state index contributed by atoms with van der Waals surface area (Å²) in [5.74, 6) is -0.362. The van der Waals surface area contributed by atoms with Crippen LogP contribution in [-0.2, 0) is 0 Å². The van der Waals surface area contributed by atoms with E-state index in [9.17, 15) is 9.18 Å². The topological polar surface area (TPSA) is 50.7 Å². The van der Waals surface area contributed by atoms with Crippen molar-refractivity contribution in [2.24, 2.45) is 5.10 Å². The van der Waals surface area contributed by atoms with Crippen molar-refractivity contribution >= 4 is 11.6 Å². The number of hydrogen-bond donors (Lipinski definition) is 1. The van der Waals surface area contributed by atoms with Crippen LogP contribution in [0.4, 0.5) is 4.39 Å². The molecule has 2 aromatic rings. The van der Waals surface area contributed by atoms with Crippen molar-refractivity contribution in [3.05, 3.63) is 65.5 Å². The van der Waals surface area contributed by atoms with Gasteiger partial charge in [-0.3, -0.25) is 4.79 Å². The molecule has 0 aliphatic carbocycles. The van der Waals surface area contributed by atoms with Crippen LogP contribution >= 0.6 is 0 Å². The lowest BCUT2D eigenvalue weighted by Gasteiger charge is -2.06. The van der Waals surface area contributed by atoms with Crippen molar-refractivity contribution < 1.29 is 13.9 Å². The lowest BCUT2D eigenvalue weighted by molar-refractivity contribution is 0.0951. The molecule has 0 fully saturated rings. The monoisotopic (exact) mass is 314 g/mol.